The van der Waals surface area contributed by atoms with Crippen LogP contribution >= 0.6 is 0 Å². The molecule has 3 amide bonds. The van der Waals surface area contributed by atoms with Crippen LogP contribution in [0.15, 0.2) is 12.1 Å². The van der Waals surface area contributed by atoms with Gasteiger partial charge < -0.3 is 49.1 Å². The van der Waals surface area contributed by atoms with Crippen molar-refractivity contribution in [3.63, 3.8) is 0 Å². The molecule has 0 aliphatic rings. The van der Waals surface area contributed by atoms with Crippen LogP contribution in [0.2, 0.25) is 0 Å². The number of nitrogens with one attached hydrogen (secondary N) is 3. The van der Waals surface area contributed by atoms with Crippen molar-refractivity contribution in [3.8, 4) is 17.2 Å². The molecule has 0 saturated heterocycles. The number of hydrogen-bond donors (Lipinski definition) is 3. The highest BCUT2D eigenvalue weighted by molar-refractivity contribution is 5.91. The molecule has 0 radical (unpaired) electrons. The highest BCUT2D eigenvalue weighted by atomic mass is 16.6. The number of esters is 1. The van der Waals surface area contributed by atoms with Gasteiger partial charge in [0.1, 0.15) is 16.8 Å². The van der Waals surface area contributed by atoms with Crippen molar-refractivity contribution < 1.29 is 52.3 Å². The Hall–Kier alpha value is -4.10. The molecule has 0 atom stereocenters. The quantitative estimate of drug-likeness (QED) is 0.119. The van der Waals surface area contributed by atoms with Gasteiger partial charge in [0, 0.05) is 19.6 Å². The minimum atomic E-state index is -0.620. The van der Waals surface area contributed by atoms with E-state index in [1.807, 2.05) is 0 Å². The van der Waals surface area contributed by atoms with Gasteiger partial charge in [-0.25, -0.2) is 19.2 Å². The molecule has 14 nitrogen and oxygen atoms in total. The molecule has 0 fully saturated rings. The Morgan fingerprint density at radius 2 is 0.891 bits per heavy atom. The van der Waals surface area contributed by atoms with Gasteiger partial charge in [-0.15, -0.1) is 0 Å². The van der Waals surface area contributed by atoms with Crippen LogP contribution in [-0.2, 0) is 18.9 Å². The van der Waals surface area contributed by atoms with Crippen molar-refractivity contribution in [2.24, 2.45) is 0 Å². The highest BCUT2D eigenvalue weighted by Gasteiger charge is 2.21. The zero-order chi connectivity index (χ0) is 35.0. The molecule has 0 bridgehead atoms. The third-order valence-corrected chi connectivity index (χ3v) is 5.17. The molecule has 0 spiro atoms. The lowest BCUT2D eigenvalue weighted by molar-refractivity contribution is 0.0512. The van der Waals surface area contributed by atoms with Crippen molar-refractivity contribution in [2.45, 2.75) is 98.4 Å². The van der Waals surface area contributed by atoms with E-state index in [1.54, 1.807) is 62.3 Å². The first-order chi connectivity index (χ1) is 21.3. The van der Waals surface area contributed by atoms with Gasteiger partial charge in [-0.2, -0.15) is 0 Å². The van der Waals surface area contributed by atoms with E-state index in [4.69, 9.17) is 33.2 Å². The number of ether oxygens (including phenoxy) is 7. The van der Waals surface area contributed by atoms with Crippen LogP contribution in [0.25, 0.3) is 0 Å². The molecular formula is C32H53N3O11. The van der Waals surface area contributed by atoms with E-state index in [-0.39, 0.29) is 62.3 Å². The summed E-state index contributed by atoms with van der Waals surface area (Å²) in [5.74, 6) is 0.0791. The van der Waals surface area contributed by atoms with Gasteiger partial charge in [-0.1, -0.05) is 0 Å². The van der Waals surface area contributed by atoms with Gasteiger partial charge in [-0.3, -0.25) is 0 Å². The average molecular weight is 656 g/mol. The minimum Gasteiger partial charge on any atom is -0.489 e. The van der Waals surface area contributed by atoms with E-state index in [9.17, 15) is 19.2 Å². The van der Waals surface area contributed by atoms with E-state index in [0.717, 1.165) is 0 Å². The fourth-order valence-electron chi connectivity index (χ4n) is 3.44. The predicted molar refractivity (Wildman–Crippen MR) is 171 cm³/mol. The average Bonchev–Trinajstić information content (AvgIpc) is 2.89. The third kappa shape index (κ3) is 18.6. The van der Waals surface area contributed by atoms with E-state index >= 15 is 0 Å². The van der Waals surface area contributed by atoms with Crippen LogP contribution in [0.1, 0.15) is 91.9 Å². The van der Waals surface area contributed by atoms with Crippen molar-refractivity contribution in [1.29, 1.82) is 0 Å². The lowest BCUT2D eigenvalue weighted by Crippen LogP contribution is -2.33. The number of methoxy groups -OCH3 is 1. The van der Waals surface area contributed by atoms with Crippen LogP contribution < -0.4 is 30.2 Å². The summed E-state index contributed by atoms with van der Waals surface area (Å²) in [5, 5.41) is 8.01. The van der Waals surface area contributed by atoms with Crippen LogP contribution in [0.5, 0.6) is 17.2 Å². The molecule has 0 aromatic heterocycles. The second-order valence-electron chi connectivity index (χ2n) is 13.2. The monoisotopic (exact) mass is 655 g/mol. The van der Waals surface area contributed by atoms with Gasteiger partial charge >= 0.3 is 24.2 Å². The fraction of sp³-hybridized carbons (Fsp3) is 0.688. The van der Waals surface area contributed by atoms with Gasteiger partial charge in [-0.05, 0) is 93.7 Å². The van der Waals surface area contributed by atoms with Crippen molar-refractivity contribution in [2.75, 3.05) is 46.6 Å². The topological polar surface area (TPSA) is 169 Å². The fourth-order valence-corrected chi connectivity index (χ4v) is 3.44. The first kappa shape index (κ1) is 39.9. The molecule has 0 aliphatic heterocycles. The van der Waals surface area contributed by atoms with Crippen LogP contribution in [0, 0.1) is 0 Å². The molecule has 262 valence electrons. The van der Waals surface area contributed by atoms with Crippen molar-refractivity contribution >= 4 is 24.2 Å². The largest absolute Gasteiger partial charge is 0.489 e. The zero-order valence-corrected chi connectivity index (χ0v) is 29.0. The van der Waals surface area contributed by atoms with Gasteiger partial charge in [0.25, 0.3) is 0 Å². The molecule has 1 aromatic rings. The Labute approximate surface area is 272 Å². The number of amides is 3. The molecule has 46 heavy (non-hydrogen) atoms. The second kappa shape index (κ2) is 18.8. The lowest BCUT2D eigenvalue weighted by Gasteiger charge is -2.21. The summed E-state index contributed by atoms with van der Waals surface area (Å²) in [4.78, 5) is 48.3. The normalized spacial score (nSPS) is 11.5. The number of benzene rings is 1. The summed E-state index contributed by atoms with van der Waals surface area (Å²) in [7, 11) is 1.26. The number of rotatable bonds is 16. The molecule has 0 aliphatic carbocycles. The summed E-state index contributed by atoms with van der Waals surface area (Å²) < 4.78 is 38.7. The van der Waals surface area contributed by atoms with Gasteiger partial charge in [0.2, 0.25) is 5.75 Å². The van der Waals surface area contributed by atoms with E-state index in [2.05, 4.69) is 16.0 Å². The van der Waals surface area contributed by atoms with E-state index < -0.39 is 41.1 Å². The summed E-state index contributed by atoms with van der Waals surface area (Å²) in [6.45, 7) is 17.3. The maximum Gasteiger partial charge on any atom is 0.407 e. The molecule has 1 rings (SSSR count). The second-order valence-corrected chi connectivity index (χ2v) is 13.2. The molecule has 0 saturated carbocycles. The van der Waals surface area contributed by atoms with Crippen molar-refractivity contribution in [1.82, 2.24) is 16.0 Å². The van der Waals surface area contributed by atoms with Crippen LogP contribution in [0.4, 0.5) is 14.4 Å². The minimum absolute atomic E-state index is 0.163. The smallest absolute Gasteiger partial charge is 0.407 e. The lowest BCUT2D eigenvalue weighted by atomic mass is 10.1. The summed E-state index contributed by atoms with van der Waals surface area (Å²) in [6.07, 6.45) is -0.345. The molecule has 3 N–H and O–H groups in total. The van der Waals surface area contributed by atoms with E-state index in [1.165, 1.54) is 19.2 Å². The number of carbonyl (C=O) groups excluding carboxylic acids is 4. The Balaban J connectivity index is 2.99. The molecular weight excluding hydrogens is 602 g/mol. The first-order valence-electron chi connectivity index (χ1n) is 15.3. The molecule has 0 heterocycles. The predicted octanol–water partition coefficient (Wildman–Crippen LogP) is 5.35. The summed E-state index contributed by atoms with van der Waals surface area (Å²) in [5.41, 5.74) is -1.69. The molecule has 14 heteroatoms. The van der Waals surface area contributed by atoms with Crippen molar-refractivity contribution in [3.05, 3.63) is 17.7 Å². The number of carbonyl (C=O) groups is 4. The Morgan fingerprint density at radius 1 is 0.565 bits per heavy atom. The highest BCUT2D eigenvalue weighted by Crippen LogP contribution is 2.39. The molecule has 1 aromatic carbocycles. The van der Waals surface area contributed by atoms with Crippen LogP contribution in [-0.4, -0.2) is 87.6 Å². The van der Waals surface area contributed by atoms with Crippen LogP contribution in [0.3, 0.4) is 0 Å². The Morgan fingerprint density at radius 3 is 1.20 bits per heavy atom. The SMILES string of the molecule is COC(=O)c1cc(OCCCNC(=O)OC(C)(C)C)c(OCCCNC(=O)OC(C)(C)C)c(OCCCNC(=O)OC(C)(C)C)c1. The summed E-state index contributed by atoms with van der Waals surface area (Å²) in [6, 6.07) is 2.97. The standard InChI is InChI=1S/C32H53N3O11/c1-30(2,3)44-27(37)33-14-11-17-41-23-20-22(26(36)40-10)21-24(42-18-12-15-34-28(38)45-31(4,5)6)25(23)43-19-13-16-35-29(39)46-32(7,8)9/h20-21H,11-19H2,1-10H3,(H,33,37)(H,34,38)(H,35,39). The van der Waals surface area contributed by atoms with E-state index in [0.29, 0.717) is 19.3 Å². The van der Waals surface area contributed by atoms with Gasteiger partial charge in [0.05, 0.1) is 32.5 Å². The number of alkyl carbamates (subject to hydrolysis) is 3. The summed E-state index contributed by atoms with van der Waals surface area (Å²) >= 11 is 0. The molecule has 0 unspecified atom stereocenters. The third-order valence-electron chi connectivity index (χ3n) is 5.17. The zero-order valence-electron chi connectivity index (χ0n) is 29.0. The Bertz CT molecular complexity index is 1080. The maximum absolute atomic E-state index is 12.5. The van der Waals surface area contributed by atoms with Gasteiger partial charge in [0.15, 0.2) is 11.5 Å². The Kier molecular flexibility index (Phi) is 16.3. The maximum atomic E-state index is 12.5. The first-order valence-corrected chi connectivity index (χ1v) is 15.3. The number of hydrogen-bond acceptors (Lipinski definition) is 11.